The zero-order valence-electron chi connectivity index (χ0n) is 8.93. The van der Waals surface area contributed by atoms with Crippen LogP contribution in [0, 0.1) is 6.92 Å². The Morgan fingerprint density at radius 3 is 2.64 bits per heavy atom. The van der Waals surface area contributed by atoms with Crippen LogP contribution in [0.15, 0.2) is 22.7 Å². The summed E-state index contributed by atoms with van der Waals surface area (Å²) in [4.78, 5) is 1.40. The van der Waals surface area contributed by atoms with Crippen LogP contribution < -0.4 is 9.64 Å². The molecule has 0 aliphatic carbocycles. The number of rotatable bonds is 4. The molecule has 0 heterocycles. The summed E-state index contributed by atoms with van der Waals surface area (Å²) in [6.45, 7) is 3.84. The number of hydrogen-bond acceptors (Lipinski definition) is 1. The Morgan fingerprint density at radius 2 is 2.07 bits per heavy atom. The van der Waals surface area contributed by atoms with Crippen LogP contribution >= 0.6 is 15.9 Å². The summed E-state index contributed by atoms with van der Waals surface area (Å²) in [7, 11) is 4.24. The van der Waals surface area contributed by atoms with Crippen molar-refractivity contribution in [2.45, 2.75) is 6.92 Å². The van der Waals surface area contributed by atoms with E-state index in [2.05, 4.69) is 49.1 Å². The molecule has 78 valence electrons. The highest BCUT2D eigenvalue weighted by molar-refractivity contribution is 9.10. The number of halogens is 1. The van der Waals surface area contributed by atoms with E-state index < -0.39 is 0 Å². The second-order valence-corrected chi connectivity index (χ2v) is 4.59. The summed E-state index contributed by atoms with van der Waals surface area (Å²) in [5, 5.41) is 0. The summed E-state index contributed by atoms with van der Waals surface area (Å²) < 4.78 is 6.67. The zero-order valence-corrected chi connectivity index (χ0v) is 10.5. The monoisotopic (exact) mass is 258 g/mol. The van der Waals surface area contributed by atoms with E-state index in [1.807, 2.05) is 6.07 Å². The highest BCUT2D eigenvalue weighted by atomic mass is 79.9. The van der Waals surface area contributed by atoms with Gasteiger partial charge in [0, 0.05) is 0 Å². The van der Waals surface area contributed by atoms with E-state index in [1.165, 1.54) is 10.5 Å². The molecular weight excluding hydrogens is 242 g/mol. The molecule has 0 spiro atoms. The molecule has 2 nitrogen and oxygen atoms in total. The van der Waals surface area contributed by atoms with Gasteiger partial charge < -0.3 is 9.64 Å². The molecular formula is C11H17BrNO+. The summed E-state index contributed by atoms with van der Waals surface area (Å²) in [6.07, 6.45) is 0. The first-order valence-electron chi connectivity index (χ1n) is 4.77. The van der Waals surface area contributed by atoms with Crippen molar-refractivity contribution in [3.8, 4) is 5.75 Å². The van der Waals surface area contributed by atoms with Crippen molar-refractivity contribution in [3.05, 3.63) is 28.2 Å². The molecule has 1 rings (SSSR count). The highest BCUT2D eigenvalue weighted by Gasteiger charge is 2.01. The third-order valence-corrected chi connectivity index (χ3v) is 2.57. The third kappa shape index (κ3) is 3.68. The van der Waals surface area contributed by atoms with Gasteiger partial charge in [0.1, 0.15) is 18.9 Å². The van der Waals surface area contributed by atoms with Gasteiger partial charge in [0.05, 0.1) is 18.6 Å². The first-order valence-corrected chi connectivity index (χ1v) is 5.57. The minimum atomic E-state index is 0.754. The minimum absolute atomic E-state index is 0.754. The Kier molecular flexibility index (Phi) is 4.42. The molecule has 0 amide bonds. The van der Waals surface area contributed by atoms with Crippen LogP contribution in [0.1, 0.15) is 5.56 Å². The molecule has 14 heavy (non-hydrogen) atoms. The molecule has 0 bridgehead atoms. The van der Waals surface area contributed by atoms with E-state index in [-0.39, 0.29) is 0 Å². The van der Waals surface area contributed by atoms with E-state index in [0.717, 1.165) is 23.4 Å². The predicted octanol–water partition coefficient (Wildman–Crippen LogP) is 1.28. The lowest BCUT2D eigenvalue weighted by Gasteiger charge is -2.10. The van der Waals surface area contributed by atoms with Crippen molar-refractivity contribution in [1.29, 1.82) is 0 Å². The summed E-state index contributed by atoms with van der Waals surface area (Å²) in [5.41, 5.74) is 1.24. The Bertz CT molecular complexity index is 299. The lowest BCUT2D eigenvalue weighted by molar-refractivity contribution is -0.858. The Hall–Kier alpha value is -0.540. The Morgan fingerprint density at radius 1 is 1.36 bits per heavy atom. The van der Waals surface area contributed by atoms with Gasteiger partial charge in [-0.15, -0.1) is 0 Å². The SMILES string of the molecule is Cc1ccc(OCC[NH+](C)C)c(Br)c1. The summed E-state index contributed by atoms with van der Waals surface area (Å²) >= 11 is 3.48. The van der Waals surface area contributed by atoms with Gasteiger partial charge in [-0.1, -0.05) is 6.07 Å². The number of benzene rings is 1. The maximum absolute atomic E-state index is 5.63. The lowest BCUT2D eigenvalue weighted by Crippen LogP contribution is -3.06. The molecule has 0 unspecified atom stereocenters. The van der Waals surface area contributed by atoms with Crippen LogP contribution in [-0.2, 0) is 0 Å². The van der Waals surface area contributed by atoms with Gasteiger partial charge in [-0.2, -0.15) is 0 Å². The summed E-state index contributed by atoms with van der Waals surface area (Å²) in [5.74, 6) is 0.928. The molecule has 0 atom stereocenters. The van der Waals surface area contributed by atoms with Gasteiger partial charge in [-0.3, -0.25) is 0 Å². The standard InChI is InChI=1S/C11H16BrNO/c1-9-4-5-11(10(12)8-9)14-7-6-13(2)3/h4-5,8H,6-7H2,1-3H3/p+1. The second kappa shape index (κ2) is 5.37. The minimum Gasteiger partial charge on any atom is -0.487 e. The maximum Gasteiger partial charge on any atom is 0.137 e. The van der Waals surface area contributed by atoms with Crippen LogP contribution in [-0.4, -0.2) is 27.2 Å². The van der Waals surface area contributed by atoms with E-state index in [9.17, 15) is 0 Å². The molecule has 0 saturated carbocycles. The average molecular weight is 259 g/mol. The van der Waals surface area contributed by atoms with Crippen LogP contribution in [0.4, 0.5) is 0 Å². The fourth-order valence-electron chi connectivity index (χ4n) is 1.09. The van der Waals surface area contributed by atoms with Gasteiger partial charge in [-0.25, -0.2) is 0 Å². The van der Waals surface area contributed by atoms with Gasteiger partial charge >= 0.3 is 0 Å². The normalized spacial score (nSPS) is 10.6. The molecule has 1 aromatic rings. The van der Waals surface area contributed by atoms with Crippen molar-refractivity contribution >= 4 is 15.9 Å². The van der Waals surface area contributed by atoms with Crippen molar-refractivity contribution in [2.75, 3.05) is 27.2 Å². The van der Waals surface area contributed by atoms with Crippen molar-refractivity contribution in [2.24, 2.45) is 0 Å². The molecule has 0 aliphatic heterocycles. The van der Waals surface area contributed by atoms with Crippen LogP contribution in [0.2, 0.25) is 0 Å². The fraction of sp³-hybridized carbons (Fsp3) is 0.455. The Labute approximate surface area is 94.0 Å². The Balaban J connectivity index is 2.51. The van der Waals surface area contributed by atoms with E-state index >= 15 is 0 Å². The van der Waals surface area contributed by atoms with Gasteiger partial charge in [0.15, 0.2) is 0 Å². The molecule has 1 N–H and O–H groups in total. The quantitative estimate of drug-likeness (QED) is 0.860. The van der Waals surface area contributed by atoms with Crippen molar-refractivity contribution in [1.82, 2.24) is 0 Å². The first-order chi connectivity index (χ1) is 6.59. The number of ether oxygens (including phenoxy) is 1. The van der Waals surface area contributed by atoms with Crippen molar-refractivity contribution in [3.63, 3.8) is 0 Å². The molecule has 0 saturated heterocycles. The van der Waals surface area contributed by atoms with Crippen LogP contribution in [0.25, 0.3) is 0 Å². The van der Waals surface area contributed by atoms with Gasteiger partial charge in [-0.05, 0) is 40.5 Å². The third-order valence-electron chi connectivity index (χ3n) is 1.95. The van der Waals surface area contributed by atoms with Crippen LogP contribution in [0.3, 0.4) is 0 Å². The van der Waals surface area contributed by atoms with Crippen molar-refractivity contribution < 1.29 is 9.64 Å². The molecule has 0 radical (unpaired) electrons. The largest absolute Gasteiger partial charge is 0.487 e. The molecule has 3 heteroatoms. The lowest BCUT2D eigenvalue weighted by atomic mass is 10.2. The van der Waals surface area contributed by atoms with E-state index in [4.69, 9.17) is 4.74 Å². The second-order valence-electron chi connectivity index (χ2n) is 3.74. The topological polar surface area (TPSA) is 13.7 Å². The van der Waals surface area contributed by atoms with Crippen LogP contribution in [0.5, 0.6) is 5.75 Å². The fourth-order valence-corrected chi connectivity index (χ4v) is 1.70. The number of quaternary nitrogens is 1. The molecule has 0 aliphatic rings. The predicted molar refractivity (Wildman–Crippen MR) is 62.1 cm³/mol. The zero-order chi connectivity index (χ0) is 10.6. The average Bonchev–Trinajstić information content (AvgIpc) is 2.08. The molecule has 0 aromatic heterocycles. The smallest absolute Gasteiger partial charge is 0.137 e. The summed E-state index contributed by atoms with van der Waals surface area (Å²) in [6, 6.07) is 6.13. The highest BCUT2D eigenvalue weighted by Crippen LogP contribution is 2.25. The number of nitrogens with one attached hydrogen (secondary N) is 1. The van der Waals surface area contributed by atoms with E-state index in [1.54, 1.807) is 0 Å². The molecule has 1 aromatic carbocycles. The van der Waals surface area contributed by atoms with E-state index in [0.29, 0.717) is 0 Å². The number of aryl methyl sites for hydroxylation is 1. The van der Waals surface area contributed by atoms with Gasteiger partial charge in [0.2, 0.25) is 0 Å². The maximum atomic E-state index is 5.63. The van der Waals surface area contributed by atoms with Gasteiger partial charge in [0.25, 0.3) is 0 Å². The number of likely N-dealkylation sites (N-methyl/N-ethyl adjacent to an activating group) is 1. The number of hydrogen-bond donors (Lipinski definition) is 1. The molecule has 0 fully saturated rings. The first kappa shape index (κ1) is 11.5.